The number of nitrogens with two attached hydrogens (primary N) is 1. The molecule has 1 amide bonds. The molecule has 32 heavy (non-hydrogen) atoms. The highest BCUT2D eigenvalue weighted by molar-refractivity contribution is 7.89. The predicted molar refractivity (Wildman–Crippen MR) is 118 cm³/mol. The molecule has 3 aromatic rings. The third kappa shape index (κ3) is 4.84. The van der Waals surface area contributed by atoms with Gasteiger partial charge in [0, 0.05) is 11.1 Å². The molecule has 0 aliphatic rings. The van der Waals surface area contributed by atoms with Gasteiger partial charge in [-0.3, -0.25) is 9.59 Å². The molecule has 3 rings (SSSR count). The standard InChI is InChI=1S/C21H22N4O6S/c1-12(2)25-20(27)17-7-5-4-6-16(17)18(24-25)21(28)31-13(3)19(26)23-14-8-10-15(11-9-14)32(22,29)30/h4-13H,1-3H3,(H,23,26)(H2,22,29,30). The summed E-state index contributed by atoms with van der Waals surface area (Å²) in [7, 11) is -3.86. The molecule has 10 nitrogen and oxygen atoms in total. The zero-order valence-electron chi connectivity index (χ0n) is 17.6. The van der Waals surface area contributed by atoms with Crippen LogP contribution in [0.3, 0.4) is 0 Å². The number of hydrogen-bond donors (Lipinski definition) is 2. The second-order valence-electron chi connectivity index (χ2n) is 7.34. The van der Waals surface area contributed by atoms with Crippen molar-refractivity contribution in [3.63, 3.8) is 0 Å². The molecular weight excluding hydrogens is 436 g/mol. The number of benzene rings is 2. The number of nitrogens with one attached hydrogen (secondary N) is 1. The summed E-state index contributed by atoms with van der Waals surface area (Å²) in [5, 5.41) is 12.4. The van der Waals surface area contributed by atoms with Gasteiger partial charge >= 0.3 is 5.97 Å². The van der Waals surface area contributed by atoms with Crippen LogP contribution in [0.4, 0.5) is 5.69 Å². The molecule has 1 unspecified atom stereocenters. The molecule has 1 atom stereocenters. The normalized spacial score (nSPS) is 12.5. The molecule has 1 heterocycles. The van der Waals surface area contributed by atoms with E-state index in [0.717, 1.165) is 0 Å². The Hall–Kier alpha value is -3.57. The minimum atomic E-state index is -3.86. The summed E-state index contributed by atoms with van der Waals surface area (Å²) in [5.74, 6) is -1.49. The van der Waals surface area contributed by atoms with Crippen molar-refractivity contribution in [3.8, 4) is 0 Å². The number of rotatable bonds is 6. The second kappa shape index (κ2) is 8.89. The highest BCUT2D eigenvalue weighted by Crippen LogP contribution is 2.17. The van der Waals surface area contributed by atoms with Crippen LogP contribution < -0.4 is 16.0 Å². The lowest BCUT2D eigenvalue weighted by Crippen LogP contribution is -2.32. The van der Waals surface area contributed by atoms with E-state index in [1.54, 1.807) is 38.1 Å². The number of nitrogens with zero attached hydrogens (tertiary/aromatic N) is 2. The molecule has 1 aromatic heterocycles. The van der Waals surface area contributed by atoms with Crippen molar-refractivity contribution in [1.82, 2.24) is 9.78 Å². The monoisotopic (exact) mass is 458 g/mol. The Kier molecular flexibility index (Phi) is 6.42. The van der Waals surface area contributed by atoms with E-state index in [1.807, 2.05) is 0 Å². The third-order valence-electron chi connectivity index (χ3n) is 4.61. The molecule has 0 saturated heterocycles. The molecule has 3 N–H and O–H groups in total. The number of carbonyl (C=O) groups is 2. The summed E-state index contributed by atoms with van der Waals surface area (Å²) in [6, 6.07) is 11.4. The third-order valence-corrected chi connectivity index (χ3v) is 5.54. The van der Waals surface area contributed by atoms with Crippen LogP contribution in [0.15, 0.2) is 58.2 Å². The molecule has 11 heteroatoms. The number of sulfonamides is 1. The van der Waals surface area contributed by atoms with Crippen LogP contribution in [0, 0.1) is 0 Å². The highest BCUT2D eigenvalue weighted by atomic mass is 32.2. The highest BCUT2D eigenvalue weighted by Gasteiger charge is 2.24. The Balaban J connectivity index is 1.81. The van der Waals surface area contributed by atoms with E-state index in [0.29, 0.717) is 16.5 Å². The van der Waals surface area contributed by atoms with Crippen LogP contribution in [-0.2, 0) is 19.6 Å². The maximum atomic E-state index is 12.8. The minimum Gasteiger partial charge on any atom is -0.448 e. The Labute approximate surface area is 184 Å². The number of esters is 1. The summed E-state index contributed by atoms with van der Waals surface area (Å²) in [6.07, 6.45) is -1.19. The fourth-order valence-corrected chi connectivity index (χ4v) is 3.46. The minimum absolute atomic E-state index is 0.0777. The van der Waals surface area contributed by atoms with Gasteiger partial charge in [0.25, 0.3) is 11.5 Å². The first-order valence-electron chi connectivity index (χ1n) is 9.65. The number of aromatic nitrogens is 2. The van der Waals surface area contributed by atoms with Gasteiger partial charge in [0.2, 0.25) is 10.0 Å². The van der Waals surface area contributed by atoms with Gasteiger partial charge in [0.05, 0.1) is 16.3 Å². The van der Waals surface area contributed by atoms with Crippen molar-refractivity contribution in [2.45, 2.75) is 37.8 Å². The van der Waals surface area contributed by atoms with Crippen molar-refractivity contribution in [3.05, 3.63) is 64.6 Å². The van der Waals surface area contributed by atoms with Gasteiger partial charge in [-0.2, -0.15) is 5.10 Å². The first-order valence-corrected chi connectivity index (χ1v) is 11.2. The first kappa shape index (κ1) is 23.1. The van der Waals surface area contributed by atoms with Gasteiger partial charge < -0.3 is 10.1 Å². The lowest BCUT2D eigenvalue weighted by atomic mass is 10.1. The molecule has 2 aromatic carbocycles. The van der Waals surface area contributed by atoms with Gasteiger partial charge in [-0.1, -0.05) is 18.2 Å². The van der Waals surface area contributed by atoms with E-state index in [2.05, 4.69) is 10.4 Å². The van der Waals surface area contributed by atoms with E-state index in [4.69, 9.17) is 9.88 Å². The average Bonchev–Trinajstić information content (AvgIpc) is 2.73. The lowest BCUT2D eigenvalue weighted by Gasteiger charge is -2.16. The summed E-state index contributed by atoms with van der Waals surface area (Å²) >= 11 is 0. The van der Waals surface area contributed by atoms with Crippen molar-refractivity contribution in [1.29, 1.82) is 0 Å². The van der Waals surface area contributed by atoms with Crippen molar-refractivity contribution < 1.29 is 22.7 Å². The van der Waals surface area contributed by atoms with E-state index in [1.165, 1.54) is 35.9 Å². The Bertz CT molecular complexity index is 1350. The molecule has 0 spiro atoms. The maximum Gasteiger partial charge on any atom is 0.360 e. The van der Waals surface area contributed by atoms with Gasteiger partial charge in [-0.05, 0) is 51.1 Å². The number of anilines is 1. The zero-order chi connectivity index (χ0) is 23.6. The topological polar surface area (TPSA) is 150 Å². The van der Waals surface area contributed by atoms with Crippen molar-refractivity contribution in [2.24, 2.45) is 5.14 Å². The SMILES string of the molecule is CC(OC(=O)c1nn(C(C)C)c(=O)c2ccccc12)C(=O)Nc1ccc(S(N)(=O)=O)cc1. The second-order valence-corrected chi connectivity index (χ2v) is 8.91. The first-order chi connectivity index (χ1) is 15.0. The van der Waals surface area contributed by atoms with Crippen molar-refractivity contribution >= 4 is 38.4 Å². The quantitative estimate of drug-likeness (QED) is 0.535. The van der Waals surface area contributed by atoms with E-state index >= 15 is 0 Å². The molecule has 0 radical (unpaired) electrons. The number of primary sulfonamides is 1. The zero-order valence-corrected chi connectivity index (χ0v) is 18.4. The number of amides is 1. The molecule has 0 saturated carbocycles. The van der Waals surface area contributed by atoms with Crippen LogP contribution in [0.5, 0.6) is 0 Å². The van der Waals surface area contributed by atoms with Gasteiger partial charge in [0.15, 0.2) is 11.8 Å². The fourth-order valence-electron chi connectivity index (χ4n) is 2.95. The summed E-state index contributed by atoms with van der Waals surface area (Å²) < 4.78 is 29.1. The molecule has 0 aliphatic carbocycles. The van der Waals surface area contributed by atoms with Gasteiger partial charge in [0.1, 0.15) is 0 Å². The molecule has 0 bridgehead atoms. The number of carbonyl (C=O) groups excluding carboxylic acids is 2. The lowest BCUT2D eigenvalue weighted by molar-refractivity contribution is -0.123. The van der Waals surface area contributed by atoms with Crippen LogP contribution in [0.25, 0.3) is 10.8 Å². The molecular formula is C21H22N4O6S. The van der Waals surface area contributed by atoms with Gasteiger partial charge in [-0.15, -0.1) is 0 Å². The van der Waals surface area contributed by atoms with Crippen LogP contribution in [0.1, 0.15) is 37.3 Å². The predicted octanol–water partition coefficient (Wildman–Crippen LogP) is 1.81. The number of fused-ring (bicyclic) bond motifs is 1. The Morgan fingerprint density at radius 1 is 1.03 bits per heavy atom. The summed E-state index contributed by atoms with van der Waals surface area (Å²) in [6.45, 7) is 4.90. The number of ether oxygens (including phenoxy) is 1. The molecule has 0 aliphatic heterocycles. The van der Waals surface area contributed by atoms with Gasteiger partial charge in [-0.25, -0.2) is 23.0 Å². The van der Waals surface area contributed by atoms with E-state index < -0.39 is 28.0 Å². The van der Waals surface area contributed by atoms with E-state index in [-0.39, 0.29) is 22.2 Å². The van der Waals surface area contributed by atoms with Crippen LogP contribution in [0.2, 0.25) is 0 Å². The number of hydrogen-bond acceptors (Lipinski definition) is 7. The molecule has 0 fully saturated rings. The summed E-state index contributed by atoms with van der Waals surface area (Å²) in [5.41, 5.74) is -0.117. The summed E-state index contributed by atoms with van der Waals surface area (Å²) in [4.78, 5) is 37.8. The maximum absolute atomic E-state index is 12.8. The van der Waals surface area contributed by atoms with Crippen LogP contribution >= 0.6 is 0 Å². The largest absolute Gasteiger partial charge is 0.448 e. The van der Waals surface area contributed by atoms with E-state index in [9.17, 15) is 22.8 Å². The average molecular weight is 458 g/mol. The van der Waals surface area contributed by atoms with Crippen LogP contribution in [-0.4, -0.2) is 36.2 Å². The molecule has 168 valence electrons. The Morgan fingerprint density at radius 2 is 1.62 bits per heavy atom. The Morgan fingerprint density at radius 3 is 2.19 bits per heavy atom. The fraction of sp³-hybridized carbons (Fsp3) is 0.238. The van der Waals surface area contributed by atoms with Crippen molar-refractivity contribution in [2.75, 3.05) is 5.32 Å². The smallest absolute Gasteiger partial charge is 0.360 e.